The molecule has 0 aromatic heterocycles. The van der Waals surface area contributed by atoms with Crippen molar-refractivity contribution >= 4 is 17.0 Å². The van der Waals surface area contributed by atoms with Crippen molar-refractivity contribution in [3.63, 3.8) is 0 Å². The molecule has 1 saturated heterocycles. The molecule has 2 aliphatic rings. The van der Waals surface area contributed by atoms with E-state index in [1.165, 1.54) is 31.2 Å². The summed E-state index contributed by atoms with van der Waals surface area (Å²) < 4.78 is 0. The van der Waals surface area contributed by atoms with Crippen molar-refractivity contribution in [1.29, 1.82) is 0 Å². The summed E-state index contributed by atoms with van der Waals surface area (Å²) in [4.78, 5) is 2.56. The third kappa shape index (κ3) is 1.88. The molecule has 3 rings (SSSR count). The molecule has 1 aromatic rings. The van der Waals surface area contributed by atoms with E-state index >= 15 is 0 Å². The molecule has 18 heavy (non-hydrogen) atoms. The maximum atomic E-state index is 9.43. The van der Waals surface area contributed by atoms with Gasteiger partial charge >= 0.3 is 0 Å². The second-order valence-corrected chi connectivity index (χ2v) is 5.79. The molecule has 0 amide bonds. The second-order valence-electron chi connectivity index (χ2n) is 5.79. The average molecular weight is 312 g/mol. The van der Waals surface area contributed by atoms with Crippen molar-refractivity contribution in [1.82, 2.24) is 4.90 Å². The lowest BCUT2D eigenvalue weighted by atomic mass is 9.68. The number of halogens is 1. The number of aromatic hydroxyl groups is 1. The molecule has 1 saturated carbocycles. The highest BCUT2D eigenvalue weighted by Crippen LogP contribution is 2.50. The fourth-order valence-corrected chi connectivity index (χ4v) is 4.01. The van der Waals surface area contributed by atoms with Crippen molar-refractivity contribution in [2.45, 2.75) is 50.1 Å². The van der Waals surface area contributed by atoms with E-state index in [0.29, 0.717) is 17.2 Å². The summed E-state index contributed by atoms with van der Waals surface area (Å²) in [7, 11) is 2.27. The summed E-state index contributed by atoms with van der Waals surface area (Å²) in [5.41, 5.74) is 1.74. The molecule has 100 valence electrons. The summed E-state index contributed by atoms with van der Waals surface area (Å²) in [6, 6.07) is 9.27. The highest BCUT2D eigenvalue weighted by molar-refractivity contribution is 8.93. The smallest absolute Gasteiger partial charge is 0.115 e. The molecule has 1 heterocycles. The van der Waals surface area contributed by atoms with Crippen LogP contribution in [0.3, 0.4) is 0 Å². The lowest BCUT2D eigenvalue weighted by Crippen LogP contribution is -2.38. The minimum absolute atomic E-state index is 0. The van der Waals surface area contributed by atoms with Crippen LogP contribution in [0.5, 0.6) is 5.75 Å². The lowest BCUT2D eigenvalue weighted by Gasteiger charge is -2.36. The molecule has 1 N–H and O–H groups in total. The first kappa shape index (κ1) is 13.9. The first-order valence-corrected chi connectivity index (χ1v) is 6.65. The predicted octanol–water partition coefficient (Wildman–Crippen LogP) is 3.48. The van der Waals surface area contributed by atoms with Crippen molar-refractivity contribution in [2.24, 2.45) is 0 Å². The summed E-state index contributed by atoms with van der Waals surface area (Å²) in [6.07, 6.45) is 5.26. The van der Waals surface area contributed by atoms with E-state index in [9.17, 15) is 5.11 Å². The maximum absolute atomic E-state index is 9.43. The molecule has 2 nitrogen and oxygen atoms in total. The highest BCUT2D eigenvalue weighted by Gasteiger charge is 2.51. The minimum atomic E-state index is 0. The monoisotopic (exact) mass is 311 g/mol. The van der Waals surface area contributed by atoms with Crippen LogP contribution in [0.15, 0.2) is 24.3 Å². The lowest BCUT2D eigenvalue weighted by molar-refractivity contribution is 0.239. The molecule has 3 heteroatoms. The van der Waals surface area contributed by atoms with E-state index in [4.69, 9.17) is 0 Å². The molecule has 0 radical (unpaired) electrons. The molecule has 3 atom stereocenters. The average Bonchev–Trinajstić information content (AvgIpc) is 2.53. The van der Waals surface area contributed by atoms with E-state index < -0.39 is 0 Å². The van der Waals surface area contributed by atoms with Gasteiger partial charge in [0.15, 0.2) is 0 Å². The number of phenolic OH excluding ortho intramolecular Hbond substituents is 1. The third-order valence-electron chi connectivity index (χ3n) is 5.19. The molecule has 2 bridgehead atoms. The van der Waals surface area contributed by atoms with Gasteiger partial charge in [0.2, 0.25) is 0 Å². The Labute approximate surface area is 120 Å². The van der Waals surface area contributed by atoms with E-state index in [1.54, 1.807) is 0 Å². The van der Waals surface area contributed by atoms with Crippen LogP contribution in [0.25, 0.3) is 0 Å². The molecule has 0 spiro atoms. The molecular formula is C15H22BrNO. The van der Waals surface area contributed by atoms with Gasteiger partial charge in [-0.3, -0.25) is 4.90 Å². The van der Waals surface area contributed by atoms with Gasteiger partial charge in [-0.05, 0) is 50.9 Å². The normalized spacial score (nSPS) is 35.2. The number of hydrogen-bond acceptors (Lipinski definition) is 2. The van der Waals surface area contributed by atoms with Gasteiger partial charge in [0, 0.05) is 17.5 Å². The van der Waals surface area contributed by atoms with Gasteiger partial charge in [0.1, 0.15) is 5.75 Å². The Balaban J connectivity index is 0.00000120. The maximum Gasteiger partial charge on any atom is 0.115 e. The molecular weight excluding hydrogens is 290 g/mol. The minimum Gasteiger partial charge on any atom is -0.508 e. The number of likely N-dealkylation sites (N-methyl/N-ethyl adjacent to an activating group) is 1. The van der Waals surface area contributed by atoms with Gasteiger partial charge < -0.3 is 5.11 Å². The zero-order valence-corrected chi connectivity index (χ0v) is 12.8. The number of rotatable bonds is 1. The zero-order chi connectivity index (χ0) is 12.0. The summed E-state index contributed by atoms with van der Waals surface area (Å²) >= 11 is 0. The number of benzene rings is 1. The molecule has 1 aliphatic heterocycles. The Hall–Kier alpha value is -0.540. The molecule has 1 aliphatic carbocycles. The van der Waals surface area contributed by atoms with Crippen LogP contribution in [0.4, 0.5) is 0 Å². The van der Waals surface area contributed by atoms with Crippen LogP contribution in [0, 0.1) is 0 Å². The number of phenols is 1. The van der Waals surface area contributed by atoms with E-state index in [2.05, 4.69) is 31.0 Å². The fraction of sp³-hybridized carbons (Fsp3) is 0.600. The van der Waals surface area contributed by atoms with Gasteiger partial charge in [-0.1, -0.05) is 18.6 Å². The molecule has 1 aromatic carbocycles. The van der Waals surface area contributed by atoms with E-state index in [0.717, 1.165) is 6.04 Å². The van der Waals surface area contributed by atoms with E-state index in [-0.39, 0.29) is 17.0 Å². The van der Waals surface area contributed by atoms with Crippen molar-refractivity contribution in [3.05, 3.63) is 29.8 Å². The van der Waals surface area contributed by atoms with Crippen LogP contribution in [-0.4, -0.2) is 29.1 Å². The van der Waals surface area contributed by atoms with Crippen molar-refractivity contribution < 1.29 is 5.11 Å². The summed E-state index contributed by atoms with van der Waals surface area (Å²) in [5, 5.41) is 9.43. The second kappa shape index (κ2) is 4.86. The van der Waals surface area contributed by atoms with Gasteiger partial charge in [-0.25, -0.2) is 0 Å². The van der Waals surface area contributed by atoms with Crippen LogP contribution >= 0.6 is 17.0 Å². The van der Waals surface area contributed by atoms with Gasteiger partial charge in [-0.2, -0.15) is 0 Å². The summed E-state index contributed by atoms with van der Waals surface area (Å²) in [6.45, 7) is 2.36. The zero-order valence-electron chi connectivity index (χ0n) is 11.1. The Kier molecular flexibility index (Phi) is 3.75. The van der Waals surface area contributed by atoms with Crippen LogP contribution in [0.2, 0.25) is 0 Å². The van der Waals surface area contributed by atoms with Gasteiger partial charge in [0.05, 0.1) is 0 Å². The predicted molar refractivity (Wildman–Crippen MR) is 79.6 cm³/mol. The Bertz CT molecular complexity index is 419. The van der Waals surface area contributed by atoms with Crippen molar-refractivity contribution in [3.8, 4) is 5.75 Å². The van der Waals surface area contributed by atoms with Crippen molar-refractivity contribution in [2.75, 3.05) is 7.05 Å². The van der Waals surface area contributed by atoms with E-state index in [1.807, 2.05) is 12.1 Å². The van der Waals surface area contributed by atoms with Crippen LogP contribution < -0.4 is 0 Å². The largest absolute Gasteiger partial charge is 0.508 e. The quantitative estimate of drug-likeness (QED) is 0.858. The molecule has 2 fully saturated rings. The van der Waals surface area contributed by atoms with Crippen LogP contribution in [0.1, 0.15) is 38.2 Å². The number of likely N-dealkylation sites (tertiary alicyclic amines) is 1. The topological polar surface area (TPSA) is 23.5 Å². The first-order valence-electron chi connectivity index (χ1n) is 6.65. The Morgan fingerprint density at radius 2 is 1.94 bits per heavy atom. The van der Waals surface area contributed by atoms with Gasteiger partial charge in [-0.15, -0.1) is 17.0 Å². The van der Waals surface area contributed by atoms with Gasteiger partial charge in [0.25, 0.3) is 0 Å². The third-order valence-corrected chi connectivity index (χ3v) is 5.19. The Morgan fingerprint density at radius 3 is 2.61 bits per heavy atom. The van der Waals surface area contributed by atoms with Crippen LogP contribution in [-0.2, 0) is 5.41 Å². The first-order chi connectivity index (χ1) is 8.13. The fourth-order valence-electron chi connectivity index (χ4n) is 4.01. The number of hydrogen-bond donors (Lipinski definition) is 1. The summed E-state index contributed by atoms with van der Waals surface area (Å²) in [5.74, 6) is 0.372. The SMILES string of the molecule is Br.CC1N(C)C2CCCC1(c1ccc(O)cc1)C2. The number of nitrogens with zero attached hydrogens (tertiary/aromatic N) is 1. The highest BCUT2D eigenvalue weighted by atomic mass is 79.9. The Morgan fingerprint density at radius 1 is 1.28 bits per heavy atom. The molecule has 3 unspecified atom stereocenters. The standard InChI is InChI=1S/C15H21NO.BrH/c1-11-15(12-5-7-14(17)8-6-12)9-3-4-13(10-15)16(11)2;/h5-8,11,13,17H,3-4,9-10H2,1-2H3;1H. The number of fused-ring (bicyclic) bond motifs is 2.